The SMILES string of the molecule is O=C(COC(=O)Cc1ccccc1Nc1c(Cl)cccc1Cl)OCc1ccccc1F. The Bertz CT molecular complexity index is 1070. The first-order valence-corrected chi connectivity index (χ1v) is 10.0. The van der Waals surface area contributed by atoms with Gasteiger partial charge in [0, 0.05) is 11.3 Å². The molecule has 160 valence electrons. The molecule has 0 bridgehead atoms. The van der Waals surface area contributed by atoms with E-state index in [0.29, 0.717) is 27.0 Å². The first kappa shape index (κ1) is 22.6. The van der Waals surface area contributed by atoms with Gasteiger partial charge in [0.2, 0.25) is 0 Å². The molecule has 0 aliphatic rings. The number of carbonyl (C=O) groups excluding carboxylic acids is 2. The van der Waals surface area contributed by atoms with E-state index in [1.807, 2.05) is 0 Å². The standard InChI is InChI=1S/C23H18Cl2FNO4/c24-17-8-5-9-18(25)23(17)27-20-11-4-2-6-15(20)12-21(28)31-14-22(29)30-13-16-7-1-3-10-19(16)26/h1-11,27H,12-14H2. The highest BCUT2D eigenvalue weighted by molar-refractivity contribution is 6.39. The smallest absolute Gasteiger partial charge is 0.344 e. The number of rotatable bonds is 8. The highest BCUT2D eigenvalue weighted by atomic mass is 35.5. The van der Waals surface area contributed by atoms with Gasteiger partial charge in [-0.1, -0.05) is 65.7 Å². The van der Waals surface area contributed by atoms with Crippen LogP contribution in [0.2, 0.25) is 10.0 Å². The zero-order valence-corrected chi connectivity index (χ0v) is 17.8. The summed E-state index contributed by atoms with van der Waals surface area (Å²) in [6.45, 7) is -0.812. The predicted molar refractivity (Wildman–Crippen MR) is 117 cm³/mol. The van der Waals surface area contributed by atoms with Gasteiger partial charge in [0.15, 0.2) is 6.61 Å². The van der Waals surface area contributed by atoms with E-state index in [1.165, 1.54) is 18.2 Å². The summed E-state index contributed by atoms with van der Waals surface area (Å²) < 4.78 is 23.5. The molecule has 0 fully saturated rings. The van der Waals surface area contributed by atoms with Gasteiger partial charge in [-0.2, -0.15) is 0 Å². The molecule has 0 aliphatic carbocycles. The molecule has 0 spiro atoms. The normalized spacial score (nSPS) is 10.4. The molecular formula is C23H18Cl2FNO4. The van der Waals surface area contributed by atoms with Gasteiger partial charge in [-0.25, -0.2) is 9.18 Å². The fourth-order valence-electron chi connectivity index (χ4n) is 2.71. The average molecular weight is 462 g/mol. The Labute approximate surface area is 188 Å². The van der Waals surface area contributed by atoms with Gasteiger partial charge >= 0.3 is 11.9 Å². The second-order valence-electron chi connectivity index (χ2n) is 6.47. The Kier molecular flexibility index (Phi) is 7.87. The number of anilines is 2. The third kappa shape index (κ3) is 6.44. The maximum absolute atomic E-state index is 13.5. The molecule has 0 aromatic heterocycles. The summed E-state index contributed by atoms with van der Waals surface area (Å²) >= 11 is 12.4. The van der Waals surface area contributed by atoms with Crippen LogP contribution < -0.4 is 5.32 Å². The molecule has 0 aliphatic heterocycles. The molecule has 0 radical (unpaired) electrons. The molecule has 5 nitrogen and oxygen atoms in total. The van der Waals surface area contributed by atoms with Crippen molar-refractivity contribution in [2.24, 2.45) is 0 Å². The van der Waals surface area contributed by atoms with Crippen LogP contribution in [-0.2, 0) is 32.1 Å². The zero-order chi connectivity index (χ0) is 22.2. The van der Waals surface area contributed by atoms with Crippen molar-refractivity contribution in [3.05, 3.63) is 93.7 Å². The number of esters is 2. The molecule has 31 heavy (non-hydrogen) atoms. The van der Waals surface area contributed by atoms with Crippen LogP contribution in [0.5, 0.6) is 0 Å². The van der Waals surface area contributed by atoms with Gasteiger partial charge in [0.1, 0.15) is 12.4 Å². The van der Waals surface area contributed by atoms with Crippen LogP contribution >= 0.6 is 23.2 Å². The van der Waals surface area contributed by atoms with E-state index in [9.17, 15) is 14.0 Å². The van der Waals surface area contributed by atoms with Crippen LogP contribution in [-0.4, -0.2) is 18.5 Å². The van der Waals surface area contributed by atoms with Crippen molar-refractivity contribution in [1.29, 1.82) is 0 Å². The first-order chi connectivity index (χ1) is 14.9. The fourth-order valence-corrected chi connectivity index (χ4v) is 3.20. The van der Waals surface area contributed by atoms with Crippen LogP contribution in [0, 0.1) is 5.82 Å². The lowest BCUT2D eigenvalue weighted by atomic mass is 10.1. The summed E-state index contributed by atoms with van der Waals surface area (Å²) in [5.41, 5.74) is 2.00. The largest absolute Gasteiger partial charge is 0.458 e. The minimum atomic E-state index is -0.772. The van der Waals surface area contributed by atoms with Crippen molar-refractivity contribution < 1.29 is 23.5 Å². The highest BCUT2D eigenvalue weighted by Crippen LogP contribution is 2.33. The van der Waals surface area contributed by atoms with Crippen LogP contribution in [0.1, 0.15) is 11.1 Å². The van der Waals surface area contributed by atoms with Crippen molar-refractivity contribution in [3.63, 3.8) is 0 Å². The molecule has 0 saturated carbocycles. The Hall–Kier alpha value is -3.09. The number of carbonyl (C=O) groups is 2. The zero-order valence-electron chi connectivity index (χ0n) is 16.2. The Balaban J connectivity index is 1.55. The van der Waals surface area contributed by atoms with E-state index in [2.05, 4.69) is 5.32 Å². The Morgan fingerprint density at radius 2 is 1.45 bits per heavy atom. The predicted octanol–water partition coefficient (Wildman–Crippen LogP) is 5.71. The van der Waals surface area contributed by atoms with E-state index in [0.717, 1.165) is 0 Å². The quantitative estimate of drug-likeness (QED) is 0.435. The van der Waals surface area contributed by atoms with Gasteiger partial charge < -0.3 is 14.8 Å². The van der Waals surface area contributed by atoms with E-state index >= 15 is 0 Å². The number of nitrogens with one attached hydrogen (secondary N) is 1. The van der Waals surface area contributed by atoms with Crippen LogP contribution in [0.15, 0.2) is 66.7 Å². The number of benzene rings is 3. The molecule has 3 aromatic rings. The second kappa shape index (κ2) is 10.8. The summed E-state index contributed by atoms with van der Waals surface area (Å²) in [6.07, 6.45) is -0.0914. The number of ether oxygens (including phenoxy) is 2. The van der Waals surface area contributed by atoms with Gasteiger partial charge in [-0.05, 0) is 29.8 Å². The highest BCUT2D eigenvalue weighted by Gasteiger charge is 2.14. The summed E-state index contributed by atoms with van der Waals surface area (Å²) in [7, 11) is 0. The van der Waals surface area contributed by atoms with Crippen LogP contribution in [0.4, 0.5) is 15.8 Å². The van der Waals surface area contributed by atoms with E-state index in [-0.39, 0.29) is 18.6 Å². The molecule has 0 atom stereocenters. The summed E-state index contributed by atoms with van der Waals surface area (Å²) in [4.78, 5) is 24.0. The number of hydrogen-bond acceptors (Lipinski definition) is 5. The molecule has 8 heteroatoms. The van der Waals surface area contributed by atoms with E-state index in [4.69, 9.17) is 32.7 Å². The number of para-hydroxylation sites is 2. The van der Waals surface area contributed by atoms with Crippen molar-refractivity contribution in [2.75, 3.05) is 11.9 Å². The Morgan fingerprint density at radius 3 is 2.16 bits per heavy atom. The molecule has 3 rings (SSSR count). The first-order valence-electron chi connectivity index (χ1n) is 9.27. The second-order valence-corrected chi connectivity index (χ2v) is 7.28. The van der Waals surface area contributed by atoms with Gasteiger partial charge in [-0.15, -0.1) is 0 Å². The minimum absolute atomic E-state index is 0.0914. The van der Waals surface area contributed by atoms with Gasteiger partial charge in [0.25, 0.3) is 0 Å². The van der Waals surface area contributed by atoms with Crippen molar-refractivity contribution >= 4 is 46.5 Å². The maximum Gasteiger partial charge on any atom is 0.344 e. The number of halogens is 3. The van der Waals surface area contributed by atoms with Crippen molar-refractivity contribution in [1.82, 2.24) is 0 Å². The molecule has 0 amide bonds. The van der Waals surface area contributed by atoms with Crippen molar-refractivity contribution in [3.8, 4) is 0 Å². The average Bonchev–Trinajstić information content (AvgIpc) is 2.75. The van der Waals surface area contributed by atoms with Crippen LogP contribution in [0.25, 0.3) is 0 Å². The molecule has 0 heterocycles. The van der Waals surface area contributed by atoms with E-state index in [1.54, 1.807) is 48.5 Å². The van der Waals surface area contributed by atoms with Crippen LogP contribution in [0.3, 0.4) is 0 Å². The molecular weight excluding hydrogens is 444 g/mol. The summed E-state index contributed by atoms with van der Waals surface area (Å²) in [6, 6.07) is 18.1. The summed E-state index contributed by atoms with van der Waals surface area (Å²) in [5.74, 6) is -1.87. The molecule has 0 saturated heterocycles. The maximum atomic E-state index is 13.5. The van der Waals surface area contributed by atoms with E-state index < -0.39 is 24.4 Å². The number of hydrogen-bond donors (Lipinski definition) is 1. The lowest BCUT2D eigenvalue weighted by Gasteiger charge is -2.14. The van der Waals surface area contributed by atoms with Gasteiger partial charge in [0.05, 0.1) is 22.2 Å². The molecule has 3 aromatic carbocycles. The minimum Gasteiger partial charge on any atom is -0.458 e. The summed E-state index contributed by atoms with van der Waals surface area (Å²) in [5, 5.41) is 3.99. The van der Waals surface area contributed by atoms with Gasteiger partial charge in [-0.3, -0.25) is 4.79 Å². The third-order valence-electron chi connectivity index (χ3n) is 4.27. The topological polar surface area (TPSA) is 64.6 Å². The fraction of sp³-hybridized carbons (Fsp3) is 0.130. The molecule has 1 N–H and O–H groups in total. The lowest BCUT2D eigenvalue weighted by molar-refractivity contribution is -0.159. The Morgan fingerprint density at radius 1 is 0.806 bits per heavy atom. The molecule has 0 unspecified atom stereocenters. The van der Waals surface area contributed by atoms with Crippen molar-refractivity contribution in [2.45, 2.75) is 13.0 Å². The third-order valence-corrected chi connectivity index (χ3v) is 4.90. The monoisotopic (exact) mass is 461 g/mol. The lowest BCUT2D eigenvalue weighted by Crippen LogP contribution is -2.18.